The van der Waals surface area contributed by atoms with Crippen LogP contribution in [0.4, 0.5) is 0 Å². The number of hydrogen-bond acceptors (Lipinski definition) is 5. The van der Waals surface area contributed by atoms with Crippen molar-refractivity contribution in [3.05, 3.63) is 47.5 Å². The Bertz CT molecular complexity index is 825. The highest BCUT2D eigenvalue weighted by Gasteiger charge is 2.25. The Morgan fingerprint density at radius 3 is 2.87 bits per heavy atom. The van der Waals surface area contributed by atoms with Crippen LogP contribution in [0.15, 0.2) is 36.0 Å². The molecule has 0 radical (unpaired) electrons. The second-order valence-electron chi connectivity index (χ2n) is 5.88. The number of β-amino-alcohol motifs (C(OH)–C–C–N with tert-alkyl or cyclic N) is 1. The van der Waals surface area contributed by atoms with Crippen molar-refractivity contribution < 1.29 is 5.11 Å². The molecule has 3 N–H and O–H groups in total. The van der Waals surface area contributed by atoms with Gasteiger partial charge in [-0.15, -0.1) is 11.3 Å². The number of H-pyrrole nitrogens is 1. The molecular formula is C17H18N4OS. The summed E-state index contributed by atoms with van der Waals surface area (Å²) in [5.74, 6) is 0.885. The minimum Gasteiger partial charge on any atom is -0.392 e. The van der Waals surface area contributed by atoms with Crippen molar-refractivity contribution in [3.63, 3.8) is 0 Å². The first-order chi connectivity index (χ1) is 11.2. The predicted molar refractivity (Wildman–Crippen MR) is 91.2 cm³/mol. The van der Waals surface area contributed by atoms with E-state index in [4.69, 9.17) is 0 Å². The molecule has 0 amide bonds. The summed E-state index contributed by atoms with van der Waals surface area (Å²) in [6.07, 6.45) is 2.28. The maximum atomic E-state index is 9.64. The Morgan fingerprint density at radius 2 is 2.13 bits per heavy atom. The lowest BCUT2D eigenvalue weighted by molar-refractivity contribution is 0.193. The van der Waals surface area contributed by atoms with Crippen LogP contribution in [0.1, 0.15) is 24.0 Å². The number of thiazole rings is 1. The van der Waals surface area contributed by atoms with Crippen LogP contribution in [0.2, 0.25) is 0 Å². The Labute approximate surface area is 138 Å². The molecule has 2 atom stereocenters. The van der Waals surface area contributed by atoms with Crippen LogP contribution in [0.3, 0.4) is 0 Å². The molecule has 4 rings (SSSR count). The summed E-state index contributed by atoms with van der Waals surface area (Å²) >= 11 is 1.66. The maximum Gasteiger partial charge on any atom is 0.123 e. The number of aliphatic hydroxyl groups excluding tert-OH is 1. The number of aliphatic hydroxyl groups is 1. The van der Waals surface area contributed by atoms with Crippen molar-refractivity contribution >= 4 is 11.3 Å². The highest BCUT2D eigenvalue weighted by Crippen LogP contribution is 2.31. The Hall–Kier alpha value is -2.02. The molecule has 0 saturated carbocycles. The highest BCUT2D eigenvalue weighted by atomic mass is 32.1. The molecule has 3 aromatic rings. The fraction of sp³-hybridized carbons (Fsp3) is 0.294. The molecule has 1 aliphatic rings. The molecule has 2 aromatic heterocycles. The van der Waals surface area contributed by atoms with Crippen molar-refractivity contribution in [2.45, 2.75) is 25.5 Å². The molecule has 23 heavy (non-hydrogen) atoms. The zero-order valence-corrected chi connectivity index (χ0v) is 13.6. The number of aromatic amines is 1. The summed E-state index contributed by atoms with van der Waals surface area (Å²) in [4.78, 5) is 13.4. The van der Waals surface area contributed by atoms with Gasteiger partial charge >= 0.3 is 0 Å². The Kier molecular flexibility index (Phi) is 3.72. The molecule has 3 heterocycles. The van der Waals surface area contributed by atoms with Gasteiger partial charge < -0.3 is 15.4 Å². The molecule has 1 aromatic carbocycles. The quantitative estimate of drug-likeness (QED) is 0.692. The molecule has 1 saturated heterocycles. The number of nitrogens with one attached hydrogen (secondary N) is 2. The summed E-state index contributed by atoms with van der Waals surface area (Å²) in [5, 5.41) is 12.9. The normalized spacial score (nSPS) is 21.0. The fourth-order valence-electron chi connectivity index (χ4n) is 2.99. The van der Waals surface area contributed by atoms with Crippen LogP contribution in [0, 0.1) is 6.92 Å². The lowest BCUT2D eigenvalue weighted by atomic mass is 10.1. The van der Waals surface area contributed by atoms with E-state index >= 15 is 0 Å². The molecule has 1 aliphatic heterocycles. The van der Waals surface area contributed by atoms with Gasteiger partial charge in [0.2, 0.25) is 0 Å². The number of aromatic nitrogens is 3. The van der Waals surface area contributed by atoms with Crippen molar-refractivity contribution in [2.75, 3.05) is 6.54 Å². The van der Waals surface area contributed by atoms with Gasteiger partial charge in [0.05, 0.1) is 40.1 Å². The monoisotopic (exact) mass is 326 g/mol. The standard InChI is InChI=1S/C17H18N4OS/c1-10-16(23-9-20-10)12-4-2-3-11(5-12)15-8-19-17(21-15)14-6-13(22)7-18-14/h2-5,8-9,13-14,18,22H,6-7H2,1H3,(H,19,21)/t13-,14+/m1/s1. The number of aryl methyl sites for hydroxylation is 1. The first-order valence-electron chi connectivity index (χ1n) is 7.68. The molecule has 0 aliphatic carbocycles. The third-order valence-corrected chi connectivity index (χ3v) is 5.19. The van der Waals surface area contributed by atoms with Gasteiger partial charge in [0.15, 0.2) is 0 Å². The van der Waals surface area contributed by atoms with Crippen LogP contribution in [-0.2, 0) is 0 Å². The SMILES string of the molecule is Cc1ncsc1-c1cccc(-c2cnc([C@@H]3C[C@@H](O)CN3)[nH]2)c1. The molecule has 0 spiro atoms. The predicted octanol–water partition coefficient (Wildman–Crippen LogP) is 2.90. The zero-order chi connectivity index (χ0) is 15.8. The number of nitrogens with zero attached hydrogens (tertiary/aromatic N) is 2. The van der Waals surface area contributed by atoms with Gasteiger partial charge in [-0.25, -0.2) is 9.97 Å². The van der Waals surface area contributed by atoms with Gasteiger partial charge in [0.25, 0.3) is 0 Å². The summed E-state index contributed by atoms with van der Waals surface area (Å²) in [6.45, 7) is 2.66. The minimum atomic E-state index is -0.286. The van der Waals surface area contributed by atoms with Crippen LogP contribution >= 0.6 is 11.3 Å². The van der Waals surface area contributed by atoms with Crippen molar-refractivity contribution in [3.8, 4) is 21.7 Å². The van der Waals surface area contributed by atoms with Crippen LogP contribution in [0.25, 0.3) is 21.7 Å². The second-order valence-corrected chi connectivity index (χ2v) is 6.73. The van der Waals surface area contributed by atoms with Crippen LogP contribution in [-0.4, -0.2) is 32.7 Å². The molecular weight excluding hydrogens is 308 g/mol. The average molecular weight is 326 g/mol. The zero-order valence-electron chi connectivity index (χ0n) is 12.8. The highest BCUT2D eigenvalue weighted by molar-refractivity contribution is 7.13. The summed E-state index contributed by atoms with van der Waals surface area (Å²) < 4.78 is 0. The number of hydrogen-bond donors (Lipinski definition) is 3. The second kappa shape index (κ2) is 5.88. The average Bonchev–Trinajstić information content (AvgIpc) is 3.27. The number of benzene rings is 1. The van der Waals surface area contributed by atoms with Crippen molar-refractivity contribution in [1.82, 2.24) is 20.3 Å². The maximum absolute atomic E-state index is 9.64. The third-order valence-electron chi connectivity index (χ3n) is 4.21. The van der Waals surface area contributed by atoms with Crippen molar-refractivity contribution in [2.24, 2.45) is 0 Å². The lowest BCUT2D eigenvalue weighted by Gasteiger charge is -2.06. The smallest absolute Gasteiger partial charge is 0.123 e. The summed E-state index contributed by atoms with van der Waals surface area (Å²) in [7, 11) is 0. The van der Waals surface area contributed by atoms with E-state index in [1.54, 1.807) is 11.3 Å². The minimum absolute atomic E-state index is 0.102. The number of imidazole rings is 1. The van der Waals surface area contributed by atoms with Gasteiger partial charge in [0.1, 0.15) is 5.82 Å². The van der Waals surface area contributed by atoms with Gasteiger partial charge in [-0.05, 0) is 25.0 Å². The van der Waals surface area contributed by atoms with E-state index in [1.807, 2.05) is 18.6 Å². The van der Waals surface area contributed by atoms with Gasteiger partial charge in [0, 0.05) is 12.1 Å². The Balaban J connectivity index is 1.64. The molecule has 118 valence electrons. The van der Waals surface area contributed by atoms with Crippen LogP contribution < -0.4 is 5.32 Å². The molecule has 0 unspecified atom stereocenters. The van der Waals surface area contributed by atoms with E-state index in [0.29, 0.717) is 13.0 Å². The molecule has 1 fully saturated rings. The summed E-state index contributed by atoms with van der Waals surface area (Å²) in [6, 6.07) is 8.51. The lowest BCUT2D eigenvalue weighted by Crippen LogP contribution is -2.15. The van der Waals surface area contributed by atoms with E-state index in [1.165, 1.54) is 10.4 Å². The first-order valence-corrected chi connectivity index (χ1v) is 8.56. The van der Waals surface area contributed by atoms with E-state index in [-0.39, 0.29) is 12.1 Å². The van der Waals surface area contributed by atoms with E-state index in [2.05, 4.69) is 44.5 Å². The fourth-order valence-corrected chi connectivity index (χ4v) is 3.80. The molecule has 6 heteroatoms. The van der Waals surface area contributed by atoms with E-state index in [9.17, 15) is 5.11 Å². The number of rotatable bonds is 3. The molecule has 0 bridgehead atoms. The topological polar surface area (TPSA) is 73.8 Å². The van der Waals surface area contributed by atoms with Crippen LogP contribution in [0.5, 0.6) is 0 Å². The largest absolute Gasteiger partial charge is 0.392 e. The van der Waals surface area contributed by atoms with E-state index in [0.717, 1.165) is 22.8 Å². The van der Waals surface area contributed by atoms with E-state index < -0.39 is 0 Å². The van der Waals surface area contributed by atoms with Gasteiger partial charge in [-0.2, -0.15) is 0 Å². The third kappa shape index (κ3) is 2.81. The van der Waals surface area contributed by atoms with Gasteiger partial charge in [-0.3, -0.25) is 0 Å². The van der Waals surface area contributed by atoms with Crippen molar-refractivity contribution in [1.29, 1.82) is 0 Å². The first kappa shape index (κ1) is 14.6. The Morgan fingerprint density at radius 1 is 1.26 bits per heavy atom. The van der Waals surface area contributed by atoms with Gasteiger partial charge in [-0.1, -0.05) is 18.2 Å². The molecule has 5 nitrogen and oxygen atoms in total. The summed E-state index contributed by atoms with van der Waals surface area (Å²) in [5.41, 5.74) is 6.21.